The summed E-state index contributed by atoms with van der Waals surface area (Å²) in [6, 6.07) is 14.5. The molecule has 0 unspecified atom stereocenters. The molecule has 1 saturated carbocycles. The second kappa shape index (κ2) is 11.2. The highest BCUT2D eigenvalue weighted by Gasteiger charge is 2.48. The van der Waals surface area contributed by atoms with Gasteiger partial charge in [0.05, 0.1) is 24.1 Å². The highest BCUT2D eigenvalue weighted by atomic mass is 32.1. The van der Waals surface area contributed by atoms with Crippen molar-refractivity contribution in [3.8, 4) is 11.5 Å². The van der Waals surface area contributed by atoms with Gasteiger partial charge in [-0.2, -0.15) is 0 Å². The molecule has 0 radical (unpaired) electrons. The number of phenols is 1. The van der Waals surface area contributed by atoms with E-state index in [1.165, 1.54) is 18.9 Å². The molecule has 1 atom stereocenters. The van der Waals surface area contributed by atoms with Crippen LogP contribution >= 0.6 is 11.3 Å². The maximum absolute atomic E-state index is 13.1. The molecule has 1 aromatic carbocycles. The Hall–Kier alpha value is -2.94. The summed E-state index contributed by atoms with van der Waals surface area (Å²) in [5, 5.41) is 13.9. The number of methoxy groups -OCH3 is 1. The predicted molar refractivity (Wildman–Crippen MR) is 142 cm³/mol. The number of benzene rings is 1. The summed E-state index contributed by atoms with van der Waals surface area (Å²) in [6.07, 6.45) is 8.97. The van der Waals surface area contributed by atoms with Crippen LogP contribution in [0.5, 0.6) is 11.5 Å². The van der Waals surface area contributed by atoms with Gasteiger partial charge in [-0.3, -0.25) is 4.98 Å². The molecule has 7 nitrogen and oxygen atoms in total. The fourth-order valence-corrected chi connectivity index (χ4v) is 6.73. The summed E-state index contributed by atoms with van der Waals surface area (Å²) in [4.78, 5) is 24.8. The van der Waals surface area contributed by atoms with Crippen molar-refractivity contribution in [2.24, 2.45) is 0 Å². The van der Waals surface area contributed by atoms with Gasteiger partial charge in [0.1, 0.15) is 17.1 Å². The normalized spacial score (nSPS) is 20.8. The molecular formula is C29H34N2O5S. The third-order valence-electron chi connectivity index (χ3n) is 7.79. The van der Waals surface area contributed by atoms with E-state index >= 15 is 0 Å². The maximum Gasteiger partial charge on any atom is 0.360 e. The minimum absolute atomic E-state index is 0.0932. The van der Waals surface area contributed by atoms with E-state index < -0.39 is 5.97 Å². The van der Waals surface area contributed by atoms with E-state index in [0.29, 0.717) is 19.7 Å². The summed E-state index contributed by atoms with van der Waals surface area (Å²) in [6.45, 7) is 1.60. The van der Waals surface area contributed by atoms with Crippen LogP contribution in [0.25, 0.3) is 0 Å². The van der Waals surface area contributed by atoms with Gasteiger partial charge in [0.15, 0.2) is 0 Å². The van der Waals surface area contributed by atoms with Gasteiger partial charge in [0, 0.05) is 30.5 Å². The lowest BCUT2D eigenvalue weighted by Gasteiger charge is -2.47. The fourth-order valence-electron chi connectivity index (χ4n) is 5.89. The van der Waals surface area contributed by atoms with E-state index in [1.807, 2.05) is 29.8 Å². The molecule has 196 valence electrons. The number of hydrogen-bond donors (Lipinski definition) is 1. The Morgan fingerprint density at radius 3 is 2.70 bits per heavy atom. The highest BCUT2D eigenvalue weighted by Crippen LogP contribution is 2.49. The summed E-state index contributed by atoms with van der Waals surface area (Å²) in [5.41, 5.74) is 0.943. The van der Waals surface area contributed by atoms with Crippen molar-refractivity contribution in [1.82, 2.24) is 10.0 Å². The van der Waals surface area contributed by atoms with Crippen molar-refractivity contribution < 1.29 is 24.2 Å². The third-order valence-corrected chi connectivity index (χ3v) is 8.68. The number of carbonyl (C=O) groups is 1. The number of aromatic hydroxyl groups is 1. The number of carbonyl (C=O) groups excluding carboxylic acids is 1. The van der Waals surface area contributed by atoms with Gasteiger partial charge >= 0.3 is 5.97 Å². The van der Waals surface area contributed by atoms with Crippen LogP contribution in [0, 0.1) is 0 Å². The number of nitrogens with zero attached hydrogens (tertiary/aromatic N) is 2. The number of aromatic nitrogens is 1. The van der Waals surface area contributed by atoms with Crippen LogP contribution in [0.15, 0.2) is 60.1 Å². The Labute approximate surface area is 222 Å². The molecule has 2 aromatic heterocycles. The predicted octanol–water partition coefficient (Wildman–Crippen LogP) is 5.88. The first-order valence-electron chi connectivity index (χ1n) is 12.9. The highest BCUT2D eigenvalue weighted by molar-refractivity contribution is 7.10. The van der Waals surface area contributed by atoms with Crippen molar-refractivity contribution in [3.05, 3.63) is 76.2 Å². The molecule has 2 aliphatic rings. The molecule has 8 heteroatoms. The summed E-state index contributed by atoms with van der Waals surface area (Å²) in [5.74, 6) is 0.0856. The summed E-state index contributed by atoms with van der Waals surface area (Å²) < 4.78 is 11.9. The van der Waals surface area contributed by atoms with E-state index in [4.69, 9.17) is 19.3 Å². The maximum atomic E-state index is 13.1. The molecule has 1 saturated heterocycles. The number of thiophene rings is 1. The number of ether oxygens (including phenoxy) is 2. The minimum Gasteiger partial charge on any atom is -0.507 e. The second-order valence-corrected chi connectivity index (χ2v) is 11.1. The fraction of sp³-hybridized carbons (Fsp3) is 0.448. The molecule has 37 heavy (non-hydrogen) atoms. The zero-order valence-electron chi connectivity index (χ0n) is 21.2. The van der Waals surface area contributed by atoms with Crippen LogP contribution in [0.4, 0.5) is 0 Å². The van der Waals surface area contributed by atoms with Crippen molar-refractivity contribution in [2.75, 3.05) is 20.3 Å². The monoisotopic (exact) mass is 522 g/mol. The van der Waals surface area contributed by atoms with Crippen LogP contribution in [0.3, 0.4) is 0 Å². The molecule has 1 aliphatic heterocycles. The average Bonchev–Trinajstić information content (AvgIpc) is 3.57. The van der Waals surface area contributed by atoms with Gasteiger partial charge in [0.25, 0.3) is 0 Å². The average molecular weight is 523 g/mol. The van der Waals surface area contributed by atoms with Crippen LogP contribution < -0.4 is 4.74 Å². The zero-order chi connectivity index (χ0) is 25.7. The van der Waals surface area contributed by atoms with E-state index in [9.17, 15) is 9.90 Å². The van der Waals surface area contributed by atoms with Gasteiger partial charge < -0.3 is 19.4 Å². The first-order chi connectivity index (χ1) is 18.0. The lowest BCUT2D eigenvalue weighted by molar-refractivity contribution is -0.133. The van der Waals surface area contributed by atoms with Crippen molar-refractivity contribution >= 4 is 17.3 Å². The first kappa shape index (κ1) is 25.7. The Balaban J connectivity index is 1.41. The SMILES string of the molecule is COc1ccsc1CN(CC[C@@]1(c2ccccn2)CCOC2(CCCC2)C1)OC(=O)c1ccccc1O. The topological polar surface area (TPSA) is 81.1 Å². The molecule has 1 N–H and O–H groups in total. The van der Waals surface area contributed by atoms with Gasteiger partial charge in [-0.25, -0.2) is 4.79 Å². The second-order valence-electron chi connectivity index (χ2n) is 10.1. The van der Waals surface area contributed by atoms with E-state index in [1.54, 1.807) is 41.7 Å². The van der Waals surface area contributed by atoms with E-state index in [2.05, 4.69) is 6.07 Å². The Bertz CT molecular complexity index is 1190. The quantitative estimate of drug-likeness (QED) is 0.351. The first-order valence-corrected chi connectivity index (χ1v) is 13.8. The molecule has 0 bridgehead atoms. The molecule has 1 spiro atoms. The lowest BCUT2D eigenvalue weighted by Crippen LogP contribution is -2.47. The van der Waals surface area contributed by atoms with Crippen molar-refractivity contribution in [2.45, 2.75) is 62.5 Å². The summed E-state index contributed by atoms with van der Waals surface area (Å²) >= 11 is 1.56. The van der Waals surface area contributed by atoms with Crippen LogP contribution in [-0.4, -0.2) is 47.0 Å². The van der Waals surface area contributed by atoms with Crippen molar-refractivity contribution in [1.29, 1.82) is 0 Å². The molecule has 3 heterocycles. The molecule has 3 aromatic rings. The zero-order valence-corrected chi connectivity index (χ0v) is 22.0. The van der Waals surface area contributed by atoms with Crippen LogP contribution in [0.1, 0.15) is 65.9 Å². The Morgan fingerprint density at radius 2 is 1.95 bits per heavy atom. The van der Waals surface area contributed by atoms with Crippen LogP contribution in [-0.2, 0) is 21.5 Å². The largest absolute Gasteiger partial charge is 0.507 e. The number of para-hydroxylation sites is 1. The van der Waals surface area contributed by atoms with E-state index in [-0.39, 0.29) is 22.3 Å². The molecule has 0 amide bonds. The number of pyridine rings is 1. The van der Waals surface area contributed by atoms with Crippen LogP contribution in [0.2, 0.25) is 0 Å². The smallest absolute Gasteiger partial charge is 0.360 e. The van der Waals surface area contributed by atoms with Gasteiger partial charge in [-0.15, -0.1) is 16.4 Å². The molecule has 1 aliphatic carbocycles. The van der Waals surface area contributed by atoms with E-state index in [0.717, 1.165) is 48.4 Å². The number of hydrogen-bond acceptors (Lipinski definition) is 8. The molecule has 5 rings (SSSR count). The number of rotatable bonds is 9. The number of hydroxylamine groups is 2. The van der Waals surface area contributed by atoms with Gasteiger partial charge in [-0.1, -0.05) is 31.0 Å². The standard InChI is InChI=1S/C29H34N2O5S/c1-34-24-11-19-37-25(24)20-31(36-27(33)22-8-2-3-9-23(22)32)17-14-28(26-10-4-7-16-30-26)15-18-35-29(21-28)12-5-6-13-29/h2-4,7-11,16,19,32H,5-6,12-15,17-18,20-21H2,1H3/t28-/m1/s1. The lowest BCUT2D eigenvalue weighted by atomic mass is 9.68. The van der Waals surface area contributed by atoms with Crippen molar-refractivity contribution in [3.63, 3.8) is 0 Å². The Kier molecular flexibility index (Phi) is 7.79. The molecular weight excluding hydrogens is 488 g/mol. The minimum atomic E-state index is -0.584. The Morgan fingerprint density at radius 1 is 1.14 bits per heavy atom. The molecule has 2 fully saturated rings. The van der Waals surface area contributed by atoms with Gasteiger partial charge in [-0.05, 0) is 67.8 Å². The third kappa shape index (κ3) is 5.66. The number of phenolic OH excluding ortho intramolecular Hbond substituents is 1. The van der Waals surface area contributed by atoms with Gasteiger partial charge in [0.2, 0.25) is 0 Å². The summed E-state index contributed by atoms with van der Waals surface area (Å²) in [7, 11) is 1.64.